The standard InChI is InChI=1S/C16H17N3O/c1-2-14(18)13-7-3-4-8-16(13)20-11-12-6-5-9-19-15(12)10-17/h3-9,14H,2,11,18H2,1H3. The van der Waals surface area contributed by atoms with Crippen LogP contribution in [0.25, 0.3) is 0 Å². The highest BCUT2D eigenvalue weighted by Gasteiger charge is 2.11. The van der Waals surface area contributed by atoms with E-state index in [0.717, 1.165) is 23.3 Å². The molecule has 0 spiro atoms. The Bertz CT molecular complexity index is 619. The van der Waals surface area contributed by atoms with Gasteiger partial charge in [-0.05, 0) is 18.6 Å². The van der Waals surface area contributed by atoms with Crippen LogP contribution in [0.5, 0.6) is 5.75 Å². The normalized spacial score (nSPS) is 11.7. The maximum atomic E-state index is 9.01. The number of pyridine rings is 1. The molecule has 1 aromatic heterocycles. The van der Waals surface area contributed by atoms with Crippen molar-refractivity contribution >= 4 is 0 Å². The maximum absolute atomic E-state index is 9.01. The molecule has 0 saturated carbocycles. The molecule has 0 amide bonds. The second-order valence-electron chi connectivity index (χ2n) is 4.46. The third-order valence-electron chi connectivity index (χ3n) is 3.14. The van der Waals surface area contributed by atoms with Crippen LogP contribution in [0, 0.1) is 11.3 Å². The van der Waals surface area contributed by atoms with Gasteiger partial charge in [0, 0.05) is 23.4 Å². The van der Waals surface area contributed by atoms with Crippen LogP contribution < -0.4 is 10.5 Å². The van der Waals surface area contributed by atoms with Crippen molar-refractivity contribution in [1.29, 1.82) is 5.26 Å². The lowest BCUT2D eigenvalue weighted by Gasteiger charge is -2.15. The minimum Gasteiger partial charge on any atom is -0.488 e. The fourth-order valence-electron chi connectivity index (χ4n) is 1.95. The summed E-state index contributed by atoms with van der Waals surface area (Å²) >= 11 is 0. The summed E-state index contributed by atoms with van der Waals surface area (Å²) in [5, 5.41) is 9.01. The largest absolute Gasteiger partial charge is 0.488 e. The van der Waals surface area contributed by atoms with Crippen molar-refractivity contribution in [2.24, 2.45) is 5.73 Å². The van der Waals surface area contributed by atoms with Crippen LogP contribution >= 0.6 is 0 Å². The molecule has 4 heteroatoms. The molecule has 0 fully saturated rings. The van der Waals surface area contributed by atoms with Crippen LogP contribution in [0.1, 0.15) is 36.2 Å². The molecule has 0 radical (unpaired) electrons. The van der Waals surface area contributed by atoms with Crippen LogP contribution in [-0.2, 0) is 6.61 Å². The van der Waals surface area contributed by atoms with Crippen molar-refractivity contribution in [1.82, 2.24) is 4.98 Å². The van der Waals surface area contributed by atoms with Crippen LogP contribution in [0.4, 0.5) is 0 Å². The van der Waals surface area contributed by atoms with Crippen LogP contribution in [0.2, 0.25) is 0 Å². The summed E-state index contributed by atoms with van der Waals surface area (Å²) in [5.41, 5.74) is 8.23. The second-order valence-corrected chi connectivity index (χ2v) is 4.46. The Kier molecular flexibility index (Phi) is 4.70. The van der Waals surface area contributed by atoms with E-state index in [1.54, 1.807) is 12.3 Å². The zero-order valence-electron chi connectivity index (χ0n) is 11.4. The molecule has 0 bridgehead atoms. The maximum Gasteiger partial charge on any atom is 0.147 e. The van der Waals surface area contributed by atoms with Crippen molar-refractivity contribution in [2.75, 3.05) is 0 Å². The predicted octanol–water partition coefficient (Wildman–Crippen LogP) is 2.94. The van der Waals surface area contributed by atoms with Gasteiger partial charge in [-0.15, -0.1) is 0 Å². The van der Waals surface area contributed by atoms with Crippen LogP contribution in [0.3, 0.4) is 0 Å². The van der Waals surface area contributed by atoms with Gasteiger partial charge in [-0.1, -0.05) is 31.2 Å². The molecule has 0 saturated heterocycles. The number of aromatic nitrogens is 1. The van der Waals surface area contributed by atoms with Gasteiger partial charge >= 0.3 is 0 Å². The van der Waals surface area contributed by atoms with Gasteiger partial charge in [-0.2, -0.15) is 5.26 Å². The summed E-state index contributed by atoms with van der Waals surface area (Å²) in [6, 6.07) is 13.4. The van der Waals surface area contributed by atoms with E-state index in [-0.39, 0.29) is 6.04 Å². The number of rotatable bonds is 5. The number of hydrogen-bond acceptors (Lipinski definition) is 4. The van der Waals surface area contributed by atoms with Crippen molar-refractivity contribution in [2.45, 2.75) is 26.0 Å². The Morgan fingerprint density at radius 1 is 1.30 bits per heavy atom. The lowest BCUT2D eigenvalue weighted by atomic mass is 10.0. The number of nitriles is 1. The fourth-order valence-corrected chi connectivity index (χ4v) is 1.95. The smallest absolute Gasteiger partial charge is 0.147 e. The molecule has 102 valence electrons. The van der Waals surface area contributed by atoms with Gasteiger partial charge in [-0.25, -0.2) is 4.98 Å². The number of ether oxygens (including phenoxy) is 1. The molecule has 2 aromatic rings. The molecule has 2 rings (SSSR count). The SMILES string of the molecule is CCC(N)c1ccccc1OCc1cccnc1C#N. The quantitative estimate of drug-likeness (QED) is 0.904. The van der Waals surface area contributed by atoms with Crippen molar-refractivity contribution in [3.05, 3.63) is 59.4 Å². The summed E-state index contributed by atoms with van der Waals surface area (Å²) in [5.74, 6) is 0.759. The molecule has 4 nitrogen and oxygen atoms in total. The van der Waals surface area contributed by atoms with Gasteiger partial charge in [0.05, 0.1) is 0 Å². The third-order valence-corrected chi connectivity index (χ3v) is 3.14. The van der Waals surface area contributed by atoms with Crippen molar-refractivity contribution in [3.63, 3.8) is 0 Å². The molecule has 0 aliphatic carbocycles. The Labute approximate surface area is 118 Å². The highest BCUT2D eigenvalue weighted by molar-refractivity contribution is 5.36. The zero-order chi connectivity index (χ0) is 14.4. The molecule has 20 heavy (non-hydrogen) atoms. The van der Waals surface area contributed by atoms with E-state index < -0.39 is 0 Å². The minimum absolute atomic E-state index is 0.0458. The topological polar surface area (TPSA) is 71.9 Å². The van der Waals surface area contributed by atoms with Gasteiger partial charge in [0.1, 0.15) is 24.1 Å². The van der Waals surface area contributed by atoms with Gasteiger partial charge in [0.25, 0.3) is 0 Å². The van der Waals surface area contributed by atoms with Crippen molar-refractivity contribution in [3.8, 4) is 11.8 Å². The number of para-hydroxylation sites is 1. The Balaban J connectivity index is 2.17. The third kappa shape index (κ3) is 3.14. The van der Waals surface area contributed by atoms with E-state index >= 15 is 0 Å². The summed E-state index contributed by atoms with van der Waals surface area (Å²) in [7, 11) is 0. The lowest BCUT2D eigenvalue weighted by Crippen LogP contribution is -2.11. The molecule has 1 heterocycles. The first kappa shape index (κ1) is 14.0. The highest BCUT2D eigenvalue weighted by atomic mass is 16.5. The zero-order valence-corrected chi connectivity index (χ0v) is 11.4. The molecular formula is C16H17N3O. The van der Waals surface area contributed by atoms with E-state index in [4.69, 9.17) is 15.7 Å². The molecule has 1 unspecified atom stereocenters. The lowest BCUT2D eigenvalue weighted by molar-refractivity contribution is 0.300. The number of hydrogen-bond donors (Lipinski definition) is 1. The van der Waals surface area contributed by atoms with Crippen LogP contribution in [0.15, 0.2) is 42.6 Å². The average Bonchev–Trinajstić information content (AvgIpc) is 2.52. The van der Waals surface area contributed by atoms with E-state index in [1.807, 2.05) is 37.3 Å². The first-order valence-corrected chi connectivity index (χ1v) is 6.57. The fraction of sp³-hybridized carbons (Fsp3) is 0.250. The van der Waals surface area contributed by atoms with Gasteiger partial charge in [0.2, 0.25) is 0 Å². The predicted molar refractivity (Wildman–Crippen MR) is 76.9 cm³/mol. The number of benzene rings is 1. The average molecular weight is 267 g/mol. The molecule has 1 atom stereocenters. The Morgan fingerprint density at radius 2 is 2.10 bits per heavy atom. The van der Waals surface area contributed by atoms with Gasteiger partial charge in [0.15, 0.2) is 0 Å². The molecule has 2 N–H and O–H groups in total. The minimum atomic E-state index is -0.0458. The summed E-state index contributed by atoms with van der Waals surface area (Å²) in [6.07, 6.45) is 2.44. The number of nitrogens with two attached hydrogens (primary N) is 1. The molecule has 1 aromatic carbocycles. The Morgan fingerprint density at radius 3 is 2.85 bits per heavy atom. The van der Waals surface area contributed by atoms with E-state index in [1.165, 1.54) is 0 Å². The van der Waals surface area contributed by atoms with Crippen LogP contribution in [-0.4, -0.2) is 4.98 Å². The first-order chi connectivity index (χ1) is 9.76. The highest BCUT2D eigenvalue weighted by Crippen LogP contribution is 2.26. The van der Waals surface area contributed by atoms with Crippen molar-refractivity contribution < 1.29 is 4.74 Å². The van der Waals surface area contributed by atoms with Gasteiger partial charge in [-0.3, -0.25) is 0 Å². The summed E-state index contributed by atoms with van der Waals surface area (Å²) in [6.45, 7) is 2.35. The molecular weight excluding hydrogens is 250 g/mol. The van der Waals surface area contributed by atoms with E-state index in [9.17, 15) is 0 Å². The summed E-state index contributed by atoms with van der Waals surface area (Å²) in [4.78, 5) is 4.02. The second kappa shape index (κ2) is 6.69. The van der Waals surface area contributed by atoms with E-state index in [2.05, 4.69) is 11.1 Å². The monoisotopic (exact) mass is 267 g/mol. The Hall–Kier alpha value is -2.38. The first-order valence-electron chi connectivity index (χ1n) is 6.57. The number of nitrogens with zero attached hydrogens (tertiary/aromatic N) is 2. The molecule has 0 aliphatic rings. The molecule has 0 aliphatic heterocycles. The van der Waals surface area contributed by atoms with Gasteiger partial charge < -0.3 is 10.5 Å². The summed E-state index contributed by atoms with van der Waals surface area (Å²) < 4.78 is 5.82. The van der Waals surface area contributed by atoms with E-state index in [0.29, 0.717) is 12.3 Å².